The van der Waals surface area contributed by atoms with E-state index in [0.717, 1.165) is 5.82 Å². The summed E-state index contributed by atoms with van der Waals surface area (Å²) in [7, 11) is 1.88. The van der Waals surface area contributed by atoms with Crippen molar-refractivity contribution < 1.29 is 9.53 Å². The van der Waals surface area contributed by atoms with Crippen LogP contribution in [0.15, 0.2) is 42.7 Å². The Labute approximate surface area is 105 Å². The summed E-state index contributed by atoms with van der Waals surface area (Å²) in [6, 6.07) is 9.24. The van der Waals surface area contributed by atoms with Gasteiger partial charge in [-0.1, -0.05) is 18.2 Å². The maximum atomic E-state index is 11.5. The molecule has 0 saturated heterocycles. The van der Waals surface area contributed by atoms with E-state index in [1.807, 2.05) is 48.1 Å². The lowest BCUT2D eigenvalue weighted by Crippen LogP contribution is -2.29. The van der Waals surface area contributed by atoms with Crippen LogP contribution in [0.1, 0.15) is 5.82 Å². The average molecular weight is 245 g/mol. The molecule has 0 aliphatic heterocycles. The van der Waals surface area contributed by atoms with Gasteiger partial charge in [0, 0.05) is 19.4 Å². The van der Waals surface area contributed by atoms with Crippen LogP contribution in [0.5, 0.6) is 5.75 Å². The largest absolute Gasteiger partial charge is 0.484 e. The Hall–Kier alpha value is -2.30. The number of hydrogen-bond acceptors (Lipinski definition) is 3. The summed E-state index contributed by atoms with van der Waals surface area (Å²) in [6.45, 7) is 0.412. The van der Waals surface area contributed by atoms with Gasteiger partial charge in [0.2, 0.25) is 0 Å². The number of nitrogens with one attached hydrogen (secondary N) is 1. The zero-order chi connectivity index (χ0) is 12.8. The fourth-order valence-corrected chi connectivity index (χ4v) is 1.46. The van der Waals surface area contributed by atoms with E-state index in [9.17, 15) is 4.79 Å². The van der Waals surface area contributed by atoms with E-state index in [0.29, 0.717) is 12.3 Å². The second kappa shape index (κ2) is 5.86. The molecular weight excluding hydrogens is 230 g/mol. The normalized spacial score (nSPS) is 10.1. The van der Waals surface area contributed by atoms with Crippen molar-refractivity contribution in [2.45, 2.75) is 6.54 Å². The quantitative estimate of drug-likeness (QED) is 0.858. The lowest BCUT2D eigenvalue weighted by molar-refractivity contribution is -0.123. The summed E-state index contributed by atoms with van der Waals surface area (Å²) in [5.74, 6) is 1.33. The minimum absolute atomic E-state index is 0.00837. The fraction of sp³-hybridized carbons (Fsp3) is 0.231. The molecule has 0 unspecified atom stereocenters. The van der Waals surface area contributed by atoms with Gasteiger partial charge in [0.05, 0.1) is 6.54 Å². The maximum Gasteiger partial charge on any atom is 0.258 e. The number of para-hydroxylation sites is 1. The molecule has 0 spiro atoms. The first-order valence-electron chi connectivity index (χ1n) is 5.66. The number of nitrogens with zero attached hydrogens (tertiary/aromatic N) is 2. The fourth-order valence-electron chi connectivity index (χ4n) is 1.46. The predicted molar refractivity (Wildman–Crippen MR) is 67.0 cm³/mol. The van der Waals surface area contributed by atoms with Crippen LogP contribution in [0.2, 0.25) is 0 Å². The molecule has 0 aliphatic carbocycles. The minimum atomic E-state index is -0.165. The van der Waals surface area contributed by atoms with E-state index in [1.54, 1.807) is 6.20 Å². The molecule has 0 atom stereocenters. The van der Waals surface area contributed by atoms with Crippen molar-refractivity contribution in [3.8, 4) is 5.75 Å². The smallest absolute Gasteiger partial charge is 0.258 e. The Balaban J connectivity index is 1.75. The molecule has 1 N–H and O–H groups in total. The SMILES string of the molecule is Cn1ccnc1CNC(=O)COc1ccccc1. The molecular formula is C13H15N3O2. The second-order valence-electron chi connectivity index (χ2n) is 3.83. The van der Waals surface area contributed by atoms with Crippen LogP contribution in [0.4, 0.5) is 0 Å². The summed E-state index contributed by atoms with van der Waals surface area (Å²) in [4.78, 5) is 15.7. The molecule has 18 heavy (non-hydrogen) atoms. The highest BCUT2D eigenvalue weighted by atomic mass is 16.5. The van der Waals surface area contributed by atoms with E-state index in [2.05, 4.69) is 10.3 Å². The van der Waals surface area contributed by atoms with Crippen molar-refractivity contribution in [3.05, 3.63) is 48.5 Å². The zero-order valence-electron chi connectivity index (χ0n) is 10.2. The minimum Gasteiger partial charge on any atom is -0.484 e. The van der Waals surface area contributed by atoms with Crippen LogP contribution in [0, 0.1) is 0 Å². The van der Waals surface area contributed by atoms with Gasteiger partial charge < -0.3 is 14.6 Å². The van der Waals surface area contributed by atoms with Gasteiger partial charge in [0.1, 0.15) is 11.6 Å². The highest BCUT2D eigenvalue weighted by Gasteiger charge is 2.04. The summed E-state index contributed by atoms with van der Waals surface area (Å²) in [5, 5.41) is 2.75. The molecule has 0 fully saturated rings. The van der Waals surface area contributed by atoms with E-state index in [-0.39, 0.29) is 12.5 Å². The number of amides is 1. The van der Waals surface area contributed by atoms with E-state index in [4.69, 9.17) is 4.74 Å². The highest BCUT2D eigenvalue weighted by molar-refractivity contribution is 5.77. The molecule has 0 saturated carbocycles. The van der Waals surface area contributed by atoms with Crippen LogP contribution in [0.3, 0.4) is 0 Å². The molecule has 94 valence electrons. The highest BCUT2D eigenvalue weighted by Crippen LogP contribution is 2.07. The van der Waals surface area contributed by atoms with Gasteiger partial charge in [-0.15, -0.1) is 0 Å². The Bertz CT molecular complexity index is 508. The van der Waals surface area contributed by atoms with Gasteiger partial charge >= 0.3 is 0 Å². The molecule has 1 aromatic carbocycles. The Morgan fingerprint density at radius 3 is 2.83 bits per heavy atom. The van der Waals surface area contributed by atoms with E-state index in [1.165, 1.54) is 0 Å². The van der Waals surface area contributed by atoms with Crippen LogP contribution in [0.25, 0.3) is 0 Å². The van der Waals surface area contributed by atoms with Gasteiger partial charge in [-0.3, -0.25) is 4.79 Å². The van der Waals surface area contributed by atoms with Crippen molar-refractivity contribution in [2.75, 3.05) is 6.61 Å². The summed E-state index contributed by atoms with van der Waals surface area (Å²) in [6.07, 6.45) is 3.53. The number of rotatable bonds is 5. The van der Waals surface area contributed by atoms with Crippen molar-refractivity contribution in [2.24, 2.45) is 7.05 Å². The first kappa shape index (κ1) is 12.2. The summed E-state index contributed by atoms with van der Waals surface area (Å²) in [5.41, 5.74) is 0. The van der Waals surface area contributed by atoms with Gasteiger partial charge in [0.25, 0.3) is 5.91 Å². The number of carbonyl (C=O) groups is 1. The average Bonchev–Trinajstić information content (AvgIpc) is 2.81. The van der Waals surface area contributed by atoms with Crippen LogP contribution in [-0.4, -0.2) is 22.1 Å². The topological polar surface area (TPSA) is 56.2 Å². The van der Waals surface area contributed by atoms with Gasteiger partial charge in [-0.25, -0.2) is 4.98 Å². The van der Waals surface area contributed by atoms with Crippen molar-refractivity contribution in [1.82, 2.24) is 14.9 Å². The van der Waals surface area contributed by atoms with Gasteiger partial charge in [-0.2, -0.15) is 0 Å². The van der Waals surface area contributed by atoms with Gasteiger partial charge in [0.15, 0.2) is 6.61 Å². The second-order valence-corrected chi connectivity index (χ2v) is 3.83. The number of carbonyl (C=O) groups excluding carboxylic acids is 1. The number of benzene rings is 1. The number of aromatic nitrogens is 2. The molecule has 5 heteroatoms. The van der Waals surface area contributed by atoms with Crippen LogP contribution >= 0.6 is 0 Å². The number of ether oxygens (including phenoxy) is 1. The first-order valence-corrected chi connectivity index (χ1v) is 5.66. The Morgan fingerprint density at radius 1 is 1.39 bits per heavy atom. The van der Waals surface area contributed by atoms with E-state index >= 15 is 0 Å². The standard InChI is InChI=1S/C13H15N3O2/c1-16-8-7-14-12(16)9-15-13(17)10-18-11-5-3-2-4-6-11/h2-8H,9-10H2,1H3,(H,15,17). The van der Waals surface area contributed by atoms with Crippen molar-refractivity contribution in [3.63, 3.8) is 0 Å². The lowest BCUT2D eigenvalue weighted by atomic mass is 10.3. The first-order chi connectivity index (χ1) is 8.75. The molecule has 1 aromatic heterocycles. The zero-order valence-corrected chi connectivity index (χ0v) is 10.2. The molecule has 2 aromatic rings. The van der Waals surface area contributed by atoms with E-state index < -0.39 is 0 Å². The molecule has 5 nitrogen and oxygen atoms in total. The molecule has 0 aliphatic rings. The third-order valence-corrected chi connectivity index (χ3v) is 2.48. The molecule has 2 rings (SSSR count). The summed E-state index contributed by atoms with van der Waals surface area (Å²) < 4.78 is 7.19. The third kappa shape index (κ3) is 3.35. The monoisotopic (exact) mass is 245 g/mol. The predicted octanol–water partition coefficient (Wildman–Crippen LogP) is 1.12. The molecule has 0 bridgehead atoms. The van der Waals surface area contributed by atoms with Gasteiger partial charge in [-0.05, 0) is 12.1 Å². The van der Waals surface area contributed by atoms with Crippen LogP contribution in [-0.2, 0) is 18.4 Å². The number of aryl methyl sites for hydroxylation is 1. The van der Waals surface area contributed by atoms with Crippen LogP contribution < -0.4 is 10.1 Å². The molecule has 1 heterocycles. The Kier molecular flexibility index (Phi) is 3.96. The lowest BCUT2D eigenvalue weighted by Gasteiger charge is -2.07. The Morgan fingerprint density at radius 2 is 2.17 bits per heavy atom. The van der Waals surface area contributed by atoms with Crippen molar-refractivity contribution in [1.29, 1.82) is 0 Å². The molecule has 1 amide bonds. The molecule has 0 radical (unpaired) electrons. The van der Waals surface area contributed by atoms with Crippen molar-refractivity contribution >= 4 is 5.91 Å². The number of imidazole rings is 1. The summed E-state index contributed by atoms with van der Waals surface area (Å²) >= 11 is 0. The number of hydrogen-bond donors (Lipinski definition) is 1. The maximum absolute atomic E-state index is 11.5. The third-order valence-electron chi connectivity index (χ3n) is 2.48.